The molecule has 324 valence electrons. The van der Waals surface area contributed by atoms with Crippen LogP contribution in [0, 0.1) is 16.7 Å². The summed E-state index contributed by atoms with van der Waals surface area (Å²) in [6, 6.07) is 0. The number of halogens is 18. The molecular formula is C28H32F18O9. The normalized spacial score (nSPS) is 16.3. The summed E-state index contributed by atoms with van der Waals surface area (Å²) < 4.78 is 250. The molecule has 0 aliphatic heterocycles. The summed E-state index contributed by atoms with van der Waals surface area (Å²) >= 11 is 0. The predicted octanol–water partition coefficient (Wildman–Crippen LogP) is 8.01. The second-order valence-electron chi connectivity index (χ2n) is 12.8. The van der Waals surface area contributed by atoms with Gasteiger partial charge in [-0.15, -0.1) is 0 Å². The SMILES string of the molecule is CCC(CC(O)(C(F)(F)F)C(F)(F)F)OC(=O)C(C)(CC)CC(CC(C)(C)C(=O)OC(C(F)(F)F)C(F)(F)F)C(=O)OCC(=O)OC(C(F)(F)F)C(F)(F)F. The molecule has 0 saturated carbocycles. The lowest BCUT2D eigenvalue weighted by molar-refractivity contribution is -0.374. The van der Waals surface area contributed by atoms with Crippen molar-refractivity contribution in [2.45, 2.75) is 128 Å². The van der Waals surface area contributed by atoms with Crippen LogP contribution in [-0.4, -0.2) is 96.6 Å². The Labute approximate surface area is 297 Å². The molecular weight excluding hydrogens is 822 g/mol. The molecule has 0 heterocycles. The second kappa shape index (κ2) is 17.4. The molecule has 55 heavy (non-hydrogen) atoms. The van der Waals surface area contributed by atoms with Crippen LogP contribution in [0.1, 0.15) is 66.7 Å². The number of hydrogen-bond acceptors (Lipinski definition) is 9. The fraction of sp³-hybridized carbons (Fsp3) is 0.857. The Hall–Kier alpha value is -3.42. The molecule has 0 saturated heterocycles. The van der Waals surface area contributed by atoms with Gasteiger partial charge in [-0.3, -0.25) is 14.4 Å². The van der Waals surface area contributed by atoms with E-state index >= 15 is 0 Å². The molecule has 0 aromatic carbocycles. The van der Waals surface area contributed by atoms with E-state index < -0.39 is 140 Å². The van der Waals surface area contributed by atoms with Gasteiger partial charge < -0.3 is 24.1 Å². The largest absolute Gasteiger partial charge is 0.462 e. The van der Waals surface area contributed by atoms with Crippen LogP contribution in [0.25, 0.3) is 0 Å². The first-order valence-corrected chi connectivity index (χ1v) is 15.0. The van der Waals surface area contributed by atoms with Crippen LogP contribution in [0.15, 0.2) is 0 Å². The van der Waals surface area contributed by atoms with E-state index in [0.29, 0.717) is 13.8 Å². The molecule has 0 aliphatic rings. The number of carbonyl (C=O) groups is 4. The van der Waals surface area contributed by atoms with Gasteiger partial charge in [0, 0.05) is 6.42 Å². The summed E-state index contributed by atoms with van der Waals surface area (Å²) in [7, 11) is 0. The number of alkyl halides is 18. The first-order chi connectivity index (χ1) is 24.1. The Balaban J connectivity index is 6.79. The number of rotatable bonds is 16. The van der Waals surface area contributed by atoms with Gasteiger partial charge in [-0.25, -0.2) is 4.79 Å². The monoisotopic (exact) mass is 854 g/mol. The lowest BCUT2D eigenvalue weighted by Gasteiger charge is -2.37. The van der Waals surface area contributed by atoms with Crippen molar-refractivity contribution < 1.29 is 122 Å². The van der Waals surface area contributed by atoms with Crippen LogP contribution >= 0.6 is 0 Å². The van der Waals surface area contributed by atoms with Gasteiger partial charge in [0.25, 0.3) is 17.8 Å². The van der Waals surface area contributed by atoms with Crippen molar-refractivity contribution in [2.75, 3.05) is 6.61 Å². The van der Waals surface area contributed by atoms with Crippen LogP contribution in [0.3, 0.4) is 0 Å². The van der Waals surface area contributed by atoms with Crippen molar-refractivity contribution >= 4 is 23.9 Å². The summed E-state index contributed by atoms with van der Waals surface area (Å²) in [6.45, 7) is 1.64. The van der Waals surface area contributed by atoms with Gasteiger partial charge in [-0.1, -0.05) is 13.8 Å². The van der Waals surface area contributed by atoms with Crippen molar-refractivity contribution in [3.63, 3.8) is 0 Å². The van der Waals surface area contributed by atoms with Crippen molar-refractivity contribution in [1.82, 2.24) is 0 Å². The van der Waals surface area contributed by atoms with Crippen molar-refractivity contribution in [3.05, 3.63) is 0 Å². The third kappa shape index (κ3) is 14.2. The fourth-order valence-corrected chi connectivity index (χ4v) is 4.46. The second-order valence-corrected chi connectivity index (χ2v) is 12.8. The van der Waals surface area contributed by atoms with Crippen molar-refractivity contribution in [3.8, 4) is 0 Å². The zero-order chi connectivity index (χ0) is 44.2. The Kier molecular flexibility index (Phi) is 16.3. The Morgan fingerprint density at radius 3 is 1.31 bits per heavy atom. The average Bonchev–Trinajstić information content (AvgIpc) is 2.96. The number of hydrogen-bond donors (Lipinski definition) is 1. The average molecular weight is 855 g/mol. The fourth-order valence-electron chi connectivity index (χ4n) is 4.46. The van der Waals surface area contributed by atoms with E-state index in [2.05, 4.69) is 14.2 Å². The summed E-state index contributed by atoms with van der Waals surface area (Å²) in [4.78, 5) is 50.6. The Bertz CT molecular complexity index is 1290. The number of aliphatic hydroxyl groups is 1. The first-order valence-electron chi connectivity index (χ1n) is 15.0. The molecule has 3 atom stereocenters. The smallest absolute Gasteiger partial charge is 0.434 e. The minimum absolute atomic E-state index is 0.536. The summed E-state index contributed by atoms with van der Waals surface area (Å²) in [5, 5.41) is 9.52. The third-order valence-electron chi connectivity index (χ3n) is 7.80. The molecule has 9 nitrogen and oxygen atoms in total. The summed E-state index contributed by atoms with van der Waals surface area (Å²) in [5.74, 6) is -11.0. The Morgan fingerprint density at radius 2 is 0.964 bits per heavy atom. The number of ether oxygens (including phenoxy) is 4. The maximum absolute atomic E-state index is 13.3. The molecule has 0 aromatic rings. The van der Waals surface area contributed by atoms with E-state index in [1.54, 1.807) is 0 Å². The summed E-state index contributed by atoms with van der Waals surface area (Å²) in [5.41, 5.74) is -10.6. The molecule has 0 radical (unpaired) electrons. The minimum atomic E-state index is -6.40. The standard InChI is InChI=1S/C28H32F18O9/c1-6-13(10-22(51,27(41,42)43)28(44,45)46)53-19(50)21(5,7-2)9-12(8-20(3,4)18(49)55-17(25(35,36)37)26(38,39)40)15(48)52-11-14(47)54-16(23(29,30)31)24(32,33)34/h12-13,16-17,51H,6-11H2,1-5H3. The minimum Gasteiger partial charge on any atom is -0.462 e. The van der Waals surface area contributed by atoms with E-state index in [-0.39, 0.29) is 0 Å². The topological polar surface area (TPSA) is 125 Å². The van der Waals surface area contributed by atoms with E-state index in [1.807, 2.05) is 0 Å². The molecule has 0 spiro atoms. The van der Waals surface area contributed by atoms with Crippen LogP contribution in [-0.2, 0) is 38.1 Å². The maximum Gasteiger partial charge on any atom is 0.434 e. The van der Waals surface area contributed by atoms with Crippen LogP contribution in [0.4, 0.5) is 79.0 Å². The molecule has 1 N–H and O–H groups in total. The summed E-state index contributed by atoms with van der Waals surface area (Å²) in [6.07, 6.45) is -56.4. The van der Waals surface area contributed by atoms with Crippen LogP contribution in [0.2, 0.25) is 0 Å². The van der Waals surface area contributed by atoms with E-state index in [9.17, 15) is 103 Å². The molecule has 0 amide bonds. The van der Waals surface area contributed by atoms with Gasteiger partial charge in [0.2, 0.25) is 0 Å². The molecule has 0 aliphatic carbocycles. The van der Waals surface area contributed by atoms with Crippen LogP contribution in [0.5, 0.6) is 0 Å². The van der Waals surface area contributed by atoms with E-state index in [0.717, 1.165) is 20.8 Å². The highest BCUT2D eigenvalue weighted by Crippen LogP contribution is 2.47. The highest BCUT2D eigenvalue weighted by molar-refractivity contribution is 5.82. The molecule has 0 fully saturated rings. The van der Waals surface area contributed by atoms with Gasteiger partial charge in [-0.05, 0) is 46.5 Å². The highest BCUT2D eigenvalue weighted by Gasteiger charge is 2.71. The number of esters is 4. The van der Waals surface area contributed by atoms with E-state index in [1.165, 1.54) is 0 Å². The molecule has 0 aromatic heterocycles. The van der Waals surface area contributed by atoms with Crippen molar-refractivity contribution in [1.29, 1.82) is 0 Å². The highest BCUT2D eigenvalue weighted by atomic mass is 19.4. The van der Waals surface area contributed by atoms with Gasteiger partial charge in [0.05, 0.1) is 16.7 Å². The van der Waals surface area contributed by atoms with Gasteiger partial charge in [0.15, 0.2) is 6.61 Å². The zero-order valence-corrected chi connectivity index (χ0v) is 28.6. The Morgan fingerprint density at radius 1 is 0.564 bits per heavy atom. The predicted molar refractivity (Wildman–Crippen MR) is 142 cm³/mol. The van der Waals surface area contributed by atoms with E-state index in [4.69, 9.17) is 4.74 Å². The van der Waals surface area contributed by atoms with Gasteiger partial charge in [-0.2, -0.15) is 79.0 Å². The number of carbonyl (C=O) groups excluding carboxylic acids is 4. The molecule has 27 heteroatoms. The third-order valence-corrected chi connectivity index (χ3v) is 7.80. The van der Waals surface area contributed by atoms with Crippen LogP contribution < -0.4 is 0 Å². The lowest BCUT2D eigenvalue weighted by atomic mass is 9.73. The molecule has 0 rings (SSSR count). The van der Waals surface area contributed by atoms with Gasteiger partial charge in [0.1, 0.15) is 6.10 Å². The molecule has 0 bridgehead atoms. The maximum atomic E-state index is 13.3. The zero-order valence-electron chi connectivity index (χ0n) is 28.6. The van der Waals surface area contributed by atoms with Gasteiger partial charge >= 0.3 is 60.9 Å². The lowest BCUT2D eigenvalue weighted by Crippen LogP contribution is -2.58. The quantitative estimate of drug-likeness (QED) is 0.0935. The van der Waals surface area contributed by atoms with Crippen molar-refractivity contribution in [2.24, 2.45) is 16.7 Å². The molecule has 3 unspecified atom stereocenters. The first kappa shape index (κ1) is 51.6.